The minimum absolute atomic E-state index is 0.240. The highest BCUT2D eigenvalue weighted by Gasteiger charge is 2.42. The van der Waals surface area contributed by atoms with Crippen molar-refractivity contribution in [2.75, 3.05) is 31.1 Å². The van der Waals surface area contributed by atoms with Gasteiger partial charge in [-0.3, -0.25) is 0 Å². The van der Waals surface area contributed by atoms with E-state index in [-0.39, 0.29) is 18.1 Å². The van der Waals surface area contributed by atoms with Gasteiger partial charge in [0, 0.05) is 46.3 Å². The zero-order valence-corrected chi connectivity index (χ0v) is 23.6. The molecule has 1 fully saturated rings. The summed E-state index contributed by atoms with van der Waals surface area (Å²) in [5.41, 5.74) is 4.07. The molecule has 1 amide bonds. The van der Waals surface area contributed by atoms with Gasteiger partial charge < -0.3 is 19.3 Å². The third kappa shape index (κ3) is 5.74. The van der Waals surface area contributed by atoms with Crippen LogP contribution >= 0.6 is 23.2 Å². The van der Waals surface area contributed by atoms with E-state index in [1.807, 2.05) is 68.1 Å². The van der Waals surface area contributed by atoms with Gasteiger partial charge >= 0.3 is 6.09 Å². The Morgan fingerprint density at radius 3 is 2.45 bits per heavy atom. The number of fused-ring (bicyclic) bond motifs is 3. The molecule has 0 bridgehead atoms. The smallest absolute Gasteiger partial charge is 0.410 e. The van der Waals surface area contributed by atoms with Crippen molar-refractivity contribution in [3.8, 4) is 16.9 Å². The first kappa shape index (κ1) is 26.7. The van der Waals surface area contributed by atoms with Gasteiger partial charge in [0.25, 0.3) is 0 Å². The molecular formula is C31H34Cl2N2O3. The molecule has 1 saturated heterocycles. The number of carbonyl (C=O) groups is 1. The fourth-order valence-corrected chi connectivity index (χ4v) is 6.20. The van der Waals surface area contributed by atoms with Gasteiger partial charge in [-0.2, -0.15) is 0 Å². The van der Waals surface area contributed by atoms with Crippen LogP contribution in [0, 0.1) is 0 Å². The maximum absolute atomic E-state index is 12.9. The zero-order chi connectivity index (χ0) is 26.9. The van der Waals surface area contributed by atoms with Crippen LogP contribution in [0.1, 0.15) is 45.1 Å². The minimum atomic E-state index is -0.523. The number of ether oxygens (including phenoxy) is 2. The van der Waals surface area contributed by atoms with Gasteiger partial charge in [0.05, 0.1) is 6.54 Å². The molecule has 0 aromatic heterocycles. The van der Waals surface area contributed by atoms with Gasteiger partial charge in [-0.25, -0.2) is 4.79 Å². The second kappa shape index (κ2) is 11.1. The molecule has 0 saturated carbocycles. The molecule has 38 heavy (non-hydrogen) atoms. The summed E-state index contributed by atoms with van der Waals surface area (Å²) in [5.74, 6) is 1.11. The van der Waals surface area contributed by atoms with Gasteiger partial charge in [0.1, 0.15) is 18.0 Å². The average Bonchev–Trinajstić information content (AvgIpc) is 3.01. The molecule has 5 rings (SSSR count). The summed E-state index contributed by atoms with van der Waals surface area (Å²) >= 11 is 12.9. The van der Waals surface area contributed by atoms with Crippen LogP contribution in [0.4, 0.5) is 10.5 Å². The van der Waals surface area contributed by atoms with E-state index in [4.69, 9.17) is 32.7 Å². The Balaban J connectivity index is 1.47. The molecule has 0 N–H and O–H groups in total. The predicted molar refractivity (Wildman–Crippen MR) is 155 cm³/mol. The standard InChI is InChI=1S/C31H34Cl2N2O3/c1-31(2,3)38-30(36)34-16-14-25-27(15-17-34)35(18-19-37-22-8-5-4-6-9-22)28-11-7-10-24(29(25)28)23-13-12-21(32)20-26(23)33/h4-13,20,25,27H,14-19H2,1-3H3. The molecule has 3 aromatic carbocycles. The molecule has 3 aromatic rings. The van der Waals surface area contributed by atoms with Crippen LogP contribution in [-0.4, -0.2) is 48.9 Å². The Hall–Kier alpha value is -2.89. The summed E-state index contributed by atoms with van der Waals surface area (Å²) in [6.45, 7) is 8.32. The fourth-order valence-electron chi connectivity index (χ4n) is 5.69. The van der Waals surface area contributed by atoms with Crippen molar-refractivity contribution in [3.63, 3.8) is 0 Å². The Morgan fingerprint density at radius 1 is 0.947 bits per heavy atom. The number of para-hydroxylation sites is 1. The number of anilines is 1. The van der Waals surface area contributed by atoms with Crippen molar-refractivity contribution in [1.82, 2.24) is 4.90 Å². The molecular weight excluding hydrogens is 519 g/mol. The van der Waals surface area contributed by atoms with Crippen LogP contribution in [0.2, 0.25) is 10.0 Å². The molecule has 2 aliphatic heterocycles. The van der Waals surface area contributed by atoms with Gasteiger partial charge in [0.15, 0.2) is 0 Å². The highest BCUT2D eigenvalue weighted by atomic mass is 35.5. The largest absolute Gasteiger partial charge is 0.492 e. The van der Waals surface area contributed by atoms with E-state index in [0.29, 0.717) is 29.7 Å². The van der Waals surface area contributed by atoms with E-state index >= 15 is 0 Å². The number of nitrogens with zero attached hydrogens (tertiary/aromatic N) is 2. The maximum Gasteiger partial charge on any atom is 0.410 e. The van der Waals surface area contributed by atoms with Crippen LogP contribution in [0.15, 0.2) is 66.7 Å². The summed E-state index contributed by atoms with van der Waals surface area (Å²) in [4.78, 5) is 17.3. The fraction of sp³-hybridized carbons (Fsp3) is 0.387. The number of likely N-dealkylation sites (tertiary alicyclic amines) is 1. The molecule has 7 heteroatoms. The Kier molecular flexibility index (Phi) is 7.78. The van der Waals surface area contributed by atoms with E-state index in [0.717, 1.165) is 36.3 Å². The van der Waals surface area contributed by atoms with Crippen molar-refractivity contribution in [2.45, 2.75) is 51.2 Å². The van der Waals surface area contributed by atoms with Crippen molar-refractivity contribution in [3.05, 3.63) is 82.3 Å². The molecule has 2 aliphatic rings. The van der Waals surface area contributed by atoms with E-state index in [2.05, 4.69) is 23.1 Å². The van der Waals surface area contributed by atoms with Crippen molar-refractivity contribution >= 4 is 35.0 Å². The Morgan fingerprint density at radius 2 is 1.71 bits per heavy atom. The normalized spacial score (nSPS) is 19.0. The van der Waals surface area contributed by atoms with Crippen molar-refractivity contribution in [2.24, 2.45) is 0 Å². The Labute approximate surface area is 235 Å². The van der Waals surface area contributed by atoms with Gasteiger partial charge in [-0.1, -0.05) is 59.6 Å². The number of amides is 1. The first-order chi connectivity index (χ1) is 18.2. The van der Waals surface area contributed by atoms with Crippen molar-refractivity contribution < 1.29 is 14.3 Å². The molecule has 2 unspecified atom stereocenters. The summed E-state index contributed by atoms with van der Waals surface area (Å²) < 4.78 is 11.8. The zero-order valence-electron chi connectivity index (χ0n) is 22.1. The number of carbonyl (C=O) groups excluding carboxylic acids is 1. The van der Waals surface area contributed by atoms with E-state index < -0.39 is 5.60 Å². The molecule has 200 valence electrons. The van der Waals surface area contributed by atoms with Gasteiger partial charge in [0.2, 0.25) is 0 Å². The molecule has 5 nitrogen and oxygen atoms in total. The van der Waals surface area contributed by atoms with Crippen LogP contribution in [0.25, 0.3) is 11.1 Å². The lowest BCUT2D eigenvalue weighted by atomic mass is 9.86. The molecule has 0 aliphatic carbocycles. The van der Waals surface area contributed by atoms with Gasteiger partial charge in [-0.15, -0.1) is 0 Å². The summed E-state index contributed by atoms with van der Waals surface area (Å²) in [6.07, 6.45) is 1.44. The lowest BCUT2D eigenvalue weighted by Gasteiger charge is -2.30. The number of halogens is 2. The molecule has 2 heterocycles. The topological polar surface area (TPSA) is 42.0 Å². The van der Waals surface area contributed by atoms with Crippen LogP contribution in [-0.2, 0) is 4.74 Å². The lowest BCUT2D eigenvalue weighted by molar-refractivity contribution is 0.0255. The van der Waals surface area contributed by atoms with E-state index in [1.54, 1.807) is 6.07 Å². The first-order valence-electron chi connectivity index (χ1n) is 13.2. The van der Waals surface area contributed by atoms with Crippen LogP contribution < -0.4 is 9.64 Å². The number of hydrogen-bond acceptors (Lipinski definition) is 4. The predicted octanol–water partition coefficient (Wildman–Crippen LogP) is 8.04. The highest BCUT2D eigenvalue weighted by Crippen LogP contribution is 2.50. The lowest BCUT2D eigenvalue weighted by Crippen LogP contribution is -2.39. The van der Waals surface area contributed by atoms with Crippen molar-refractivity contribution in [1.29, 1.82) is 0 Å². The molecule has 0 spiro atoms. The molecule has 0 radical (unpaired) electrons. The molecule has 2 atom stereocenters. The SMILES string of the molecule is CC(C)(C)OC(=O)N1CCC2c3c(-c4ccc(Cl)cc4Cl)cccc3N(CCOc3ccccc3)C2CC1. The minimum Gasteiger partial charge on any atom is -0.492 e. The summed E-state index contributed by atoms with van der Waals surface area (Å²) in [7, 11) is 0. The van der Waals surface area contributed by atoms with Gasteiger partial charge in [-0.05, 0) is 75.1 Å². The quantitative estimate of drug-likeness (QED) is 0.321. The average molecular weight is 554 g/mol. The van der Waals surface area contributed by atoms with Crippen LogP contribution in [0.3, 0.4) is 0 Å². The third-order valence-corrected chi connectivity index (χ3v) is 7.80. The number of rotatable bonds is 5. The van der Waals surface area contributed by atoms with Crippen LogP contribution in [0.5, 0.6) is 5.75 Å². The first-order valence-corrected chi connectivity index (χ1v) is 14.0. The maximum atomic E-state index is 12.9. The number of hydrogen-bond donors (Lipinski definition) is 0. The number of benzene rings is 3. The van der Waals surface area contributed by atoms with E-state index in [1.165, 1.54) is 11.3 Å². The third-order valence-electron chi connectivity index (χ3n) is 7.25. The van der Waals surface area contributed by atoms with E-state index in [9.17, 15) is 4.79 Å². The Bertz CT molecular complexity index is 1290. The highest BCUT2D eigenvalue weighted by molar-refractivity contribution is 6.36. The summed E-state index contributed by atoms with van der Waals surface area (Å²) in [6, 6.07) is 22.3. The summed E-state index contributed by atoms with van der Waals surface area (Å²) in [5, 5.41) is 1.25. The second-order valence-corrected chi connectivity index (χ2v) is 11.8. The monoisotopic (exact) mass is 552 g/mol. The second-order valence-electron chi connectivity index (χ2n) is 10.9.